The lowest BCUT2D eigenvalue weighted by Crippen LogP contribution is -2.31. The molecule has 1 amide bonds. The number of methoxy groups -OCH3 is 1. The van der Waals surface area contributed by atoms with E-state index < -0.39 is 21.9 Å². The molecule has 0 atom stereocenters. The maximum absolute atomic E-state index is 12.9. The first-order valence-corrected chi connectivity index (χ1v) is 11.1. The zero-order chi connectivity index (χ0) is 22.6. The predicted molar refractivity (Wildman–Crippen MR) is 116 cm³/mol. The zero-order valence-corrected chi connectivity index (χ0v) is 19.0. The topological polar surface area (TPSA) is 92.8 Å². The van der Waals surface area contributed by atoms with E-state index in [1.165, 1.54) is 17.5 Å². The van der Waals surface area contributed by atoms with Gasteiger partial charge in [0.15, 0.2) is 0 Å². The molecule has 2 rings (SSSR count). The lowest BCUT2D eigenvalue weighted by molar-refractivity contribution is 0.0599. The molecular weight excluding hydrogens is 404 g/mol. The summed E-state index contributed by atoms with van der Waals surface area (Å²) in [6, 6.07) is 7.88. The van der Waals surface area contributed by atoms with Crippen molar-refractivity contribution in [2.24, 2.45) is 0 Å². The first-order chi connectivity index (χ1) is 14.1. The summed E-state index contributed by atoms with van der Waals surface area (Å²) in [6.45, 7) is 9.55. The number of benzene rings is 2. The highest BCUT2D eigenvalue weighted by Gasteiger charge is 2.25. The van der Waals surface area contributed by atoms with Gasteiger partial charge in [-0.15, -0.1) is 0 Å². The van der Waals surface area contributed by atoms with Gasteiger partial charge in [-0.05, 0) is 61.7 Å². The van der Waals surface area contributed by atoms with Gasteiger partial charge in [0, 0.05) is 24.3 Å². The number of amides is 1. The summed E-state index contributed by atoms with van der Waals surface area (Å²) in [5.74, 6) is -0.959. The summed E-state index contributed by atoms with van der Waals surface area (Å²) in [4.78, 5) is 24.9. The molecule has 30 heavy (non-hydrogen) atoms. The van der Waals surface area contributed by atoms with Crippen molar-refractivity contribution in [3.05, 3.63) is 58.1 Å². The Morgan fingerprint density at radius 2 is 1.63 bits per heavy atom. The van der Waals surface area contributed by atoms with Gasteiger partial charge >= 0.3 is 5.97 Å². The smallest absolute Gasteiger partial charge is 0.338 e. The van der Waals surface area contributed by atoms with Crippen LogP contribution in [0.15, 0.2) is 35.2 Å². The number of carbonyl (C=O) groups is 2. The molecule has 162 valence electrons. The molecule has 0 radical (unpaired) electrons. The number of ether oxygens (including phenoxy) is 1. The number of hydrogen-bond acceptors (Lipinski definition) is 5. The molecule has 0 fully saturated rings. The number of sulfonamides is 1. The third-order valence-electron chi connectivity index (χ3n) is 5.10. The van der Waals surface area contributed by atoms with Crippen molar-refractivity contribution in [3.63, 3.8) is 0 Å². The Bertz CT molecular complexity index is 1070. The molecule has 2 aromatic carbocycles. The van der Waals surface area contributed by atoms with Crippen LogP contribution in [0.3, 0.4) is 0 Å². The van der Waals surface area contributed by atoms with Gasteiger partial charge in [-0.1, -0.05) is 19.9 Å². The van der Waals surface area contributed by atoms with Gasteiger partial charge < -0.3 is 10.1 Å². The summed E-state index contributed by atoms with van der Waals surface area (Å²) >= 11 is 0. The highest BCUT2D eigenvalue weighted by molar-refractivity contribution is 7.89. The van der Waals surface area contributed by atoms with Gasteiger partial charge in [-0.2, -0.15) is 4.31 Å². The molecule has 0 saturated heterocycles. The van der Waals surface area contributed by atoms with E-state index in [-0.39, 0.29) is 10.5 Å². The summed E-state index contributed by atoms with van der Waals surface area (Å²) in [5.41, 5.74) is 3.16. The minimum atomic E-state index is -3.70. The molecule has 0 spiro atoms. The van der Waals surface area contributed by atoms with Gasteiger partial charge in [-0.3, -0.25) is 4.79 Å². The Labute approximate surface area is 178 Å². The van der Waals surface area contributed by atoms with E-state index in [0.29, 0.717) is 29.9 Å². The largest absolute Gasteiger partial charge is 0.465 e. The van der Waals surface area contributed by atoms with Crippen molar-refractivity contribution in [2.45, 2.75) is 39.5 Å². The average molecular weight is 433 g/mol. The van der Waals surface area contributed by atoms with E-state index in [2.05, 4.69) is 5.32 Å². The fraction of sp³-hybridized carbons (Fsp3) is 0.364. The van der Waals surface area contributed by atoms with Crippen molar-refractivity contribution < 1.29 is 22.7 Å². The van der Waals surface area contributed by atoms with Crippen molar-refractivity contribution in [3.8, 4) is 0 Å². The number of hydrogen-bond donors (Lipinski definition) is 1. The van der Waals surface area contributed by atoms with Gasteiger partial charge in [0.2, 0.25) is 10.0 Å². The molecule has 2 aromatic rings. The van der Waals surface area contributed by atoms with Crippen LogP contribution in [0.5, 0.6) is 0 Å². The maximum atomic E-state index is 12.9. The Morgan fingerprint density at radius 3 is 2.20 bits per heavy atom. The third-order valence-corrected chi connectivity index (χ3v) is 7.30. The first-order valence-electron chi connectivity index (χ1n) is 9.68. The highest BCUT2D eigenvalue weighted by Crippen LogP contribution is 2.24. The van der Waals surface area contributed by atoms with Crippen molar-refractivity contribution in [2.75, 3.05) is 25.5 Å². The minimum Gasteiger partial charge on any atom is -0.465 e. The van der Waals surface area contributed by atoms with Gasteiger partial charge in [0.1, 0.15) is 0 Å². The van der Waals surface area contributed by atoms with E-state index in [4.69, 9.17) is 4.74 Å². The molecule has 0 aromatic heterocycles. The molecule has 0 unspecified atom stereocenters. The second-order valence-corrected chi connectivity index (χ2v) is 8.89. The van der Waals surface area contributed by atoms with Crippen molar-refractivity contribution in [1.82, 2.24) is 4.31 Å². The summed E-state index contributed by atoms with van der Waals surface area (Å²) in [6.07, 6.45) is 0. The Balaban J connectivity index is 2.42. The summed E-state index contributed by atoms with van der Waals surface area (Å²) in [5, 5.41) is 2.75. The molecule has 1 N–H and O–H groups in total. The molecular formula is C22H28N2O5S. The van der Waals surface area contributed by atoms with Crippen LogP contribution in [0.1, 0.15) is 51.3 Å². The van der Waals surface area contributed by atoms with Crippen LogP contribution in [-0.2, 0) is 14.8 Å². The van der Waals surface area contributed by atoms with Crippen molar-refractivity contribution >= 4 is 27.6 Å². The average Bonchev–Trinajstić information content (AvgIpc) is 2.70. The standard InChI is InChI=1S/C22H28N2O5S/c1-7-24(8-2)30(27,28)20-12-17(10-9-14(20)3)21(25)23-18-11-15(4)16(5)19(13-18)22(26)29-6/h9-13H,7-8H2,1-6H3,(H,23,25). The van der Waals surface area contributed by atoms with E-state index in [0.717, 1.165) is 11.1 Å². The molecule has 0 heterocycles. The number of anilines is 1. The normalized spacial score (nSPS) is 11.4. The molecule has 7 nitrogen and oxygen atoms in total. The van der Waals surface area contributed by atoms with Crippen LogP contribution in [0.2, 0.25) is 0 Å². The van der Waals surface area contributed by atoms with Gasteiger partial charge in [0.25, 0.3) is 5.91 Å². The number of carbonyl (C=O) groups excluding carboxylic acids is 2. The number of nitrogens with one attached hydrogen (secondary N) is 1. The lowest BCUT2D eigenvalue weighted by Gasteiger charge is -2.20. The van der Waals surface area contributed by atoms with E-state index >= 15 is 0 Å². The van der Waals surface area contributed by atoms with Crippen LogP contribution in [0.25, 0.3) is 0 Å². The second-order valence-electron chi connectivity index (χ2n) is 6.98. The fourth-order valence-electron chi connectivity index (χ4n) is 3.18. The molecule has 8 heteroatoms. The number of rotatable bonds is 7. The Morgan fingerprint density at radius 1 is 1.00 bits per heavy atom. The van der Waals surface area contributed by atoms with Gasteiger partial charge in [0.05, 0.1) is 17.6 Å². The SMILES string of the molecule is CCN(CC)S(=O)(=O)c1cc(C(=O)Nc2cc(C)c(C)c(C(=O)OC)c2)ccc1C. The Kier molecular flexibility index (Phi) is 7.39. The van der Waals surface area contributed by atoms with Crippen LogP contribution in [0, 0.1) is 20.8 Å². The molecule has 0 saturated carbocycles. The molecule has 0 aliphatic carbocycles. The lowest BCUT2D eigenvalue weighted by atomic mass is 10.0. The highest BCUT2D eigenvalue weighted by atomic mass is 32.2. The minimum absolute atomic E-state index is 0.106. The number of nitrogens with zero attached hydrogens (tertiary/aromatic N) is 1. The maximum Gasteiger partial charge on any atom is 0.338 e. The molecule has 0 bridgehead atoms. The monoisotopic (exact) mass is 432 g/mol. The summed E-state index contributed by atoms with van der Waals surface area (Å²) in [7, 11) is -2.40. The van der Waals surface area contributed by atoms with Crippen LogP contribution in [-0.4, -0.2) is 44.8 Å². The predicted octanol–water partition coefficient (Wildman–Crippen LogP) is 3.68. The van der Waals surface area contributed by atoms with Crippen LogP contribution >= 0.6 is 0 Å². The van der Waals surface area contributed by atoms with Gasteiger partial charge in [-0.25, -0.2) is 13.2 Å². The third kappa shape index (κ3) is 4.71. The van der Waals surface area contributed by atoms with E-state index in [1.807, 2.05) is 6.92 Å². The number of aryl methyl sites for hydroxylation is 2. The zero-order valence-electron chi connectivity index (χ0n) is 18.2. The first kappa shape index (κ1) is 23.6. The van der Waals surface area contributed by atoms with E-state index in [9.17, 15) is 18.0 Å². The van der Waals surface area contributed by atoms with Crippen molar-refractivity contribution in [1.29, 1.82) is 0 Å². The quantitative estimate of drug-likeness (QED) is 0.674. The Hall–Kier alpha value is -2.71. The van der Waals surface area contributed by atoms with Crippen LogP contribution < -0.4 is 5.32 Å². The summed E-state index contributed by atoms with van der Waals surface area (Å²) < 4.78 is 32.0. The van der Waals surface area contributed by atoms with Crippen LogP contribution in [0.4, 0.5) is 5.69 Å². The second kappa shape index (κ2) is 9.40. The fourth-order valence-corrected chi connectivity index (χ4v) is 4.89. The molecule has 0 aliphatic heterocycles. The number of esters is 1. The van der Waals surface area contributed by atoms with E-state index in [1.54, 1.807) is 52.0 Å². The molecule has 0 aliphatic rings.